The van der Waals surface area contributed by atoms with Gasteiger partial charge in [0.1, 0.15) is 0 Å². The third kappa shape index (κ3) is 5.50. The predicted octanol–water partition coefficient (Wildman–Crippen LogP) is 4.31. The van der Waals surface area contributed by atoms with Crippen LogP contribution in [0.25, 0.3) is 0 Å². The van der Waals surface area contributed by atoms with Crippen molar-refractivity contribution in [3.8, 4) is 0 Å². The van der Waals surface area contributed by atoms with Gasteiger partial charge in [0, 0.05) is 37.3 Å². The number of hydrogen-bond donors (Lipinski definition) is 2. The number of nitrogens with zero attached hydrogens (tertiary/aromatic N) is 3. The lowest BCUT2D eigenvalue weighted by Gasteiger charge is -2.19. The van der Waals surface area contributed by atoms with Crippen LogP contribution in [0.15, 0.2) is 65.7 Å². The Morgan fingerprint density at radius 1 is 0.967 bits per heavy atom. The van der Waals surface area contributed by atoms with Crippen LogP contribution >= 0.6 is 0 Å². The summed E-state index contributed by atoms with van der Waals surface area (Å²) < 4.78 is 1.92. The first-order valence-corrected chi connectivity index (χ1v) is 10.7. The summed E-state index contributed by atoms with van der Waals surface area (Å²) in [6.07, 6.45) is 0.989. The maximum Gasteiger partial charge on any atom is 0.191 e. The normalized spacial score (nSPS) is 11.7. The van der Waals surface area contributed by atoms with Crippen LogP contribution in [0, 0.1) is 13.8 Å². The molecule has 0 saturated carbocycles. The summed E-state index contributed by atoms with van der Waals surface area (Å²) in [6.45, 7) is 8.52. The third-order valence-corrected chi connectivity index (χ3v) is 5.53. The molecule has 30 heavy (non-hydrogen) atoms. The largest absolute Gasteiger partial charge is 0.357 e. The van der Waals surface area contributed by atoms with Gasteiger partial charge in [-0.1, -0.05) is 60.7 Å². The van der Waals surface area contributed by atoms with E-state index in [0.29, 0.717) is 12.5 Å². The molecule has 0 bridgehead atoms. The highest BCUT2D eigenvalue weighted by Crippen LogP contribution is 2.27. The zero-order chi connectivity index (χ0) is 21.3. The van der Waals surface area contributed by atoms with E-state index in [4.69, 9.17) is 4.99 Å². The van der Waals surface area contributed by atoms with Crippen molar-refractivity contribution >= 4 is 5.96 Å². The Balaban J connectivity index is 1.68. The molecular weight excluding hydrogens is 370 g/mol. The Morgan fingerprint density at radius 2 is 1.57 bits per heavy atom. The highest BCUT2D eigenvalue weighted by atomic mass is 15.3. The predicted molar refractivity (Wildman–Crippen MR) is 125 cm³/mol. The molecule has 3 aromatic rings. The van der Waals surface area contributed by atoms with E-state index in [2.05, 4.69) is 90.2 Å². The third-order valence-electron chi connectivity index (χ3n) is 5.53. The van der Waals surface area contributed by atoms with Crippen LogP contribution in [0.3, 0.4) is 0 Å². The van der Waals surface area contributed by atoms with Gasteiger partial charge in [0.2, 0.25) is 0 Å². The van der Waals surface area contributed by atoms with Gasteiger partial charge in [0.05, 0.1) is 12.2 Å². The summed E-state index contributed by atoms with van der Waals surface area (Å²) in [7, 11) is 1.98. The van der Waals surface area contributed by atoms with Gasteiger partial charge in [-0.05, 0) is 38.3 Å². The standard InChI is InChI=1S/C25H33N5/c1-5-26-25(28-18-24-19(2)29-30(4)20(24)3)27-17-16-23(21-12-8-6-9-13-21)22-14-10-7-11-15-22/h6-15,23H,5,16-18H2,1-4H3,(H2,26,27,28). The maximum absolute atomic E-state index is 4.80. The van der Waals surface area contributed by atoms with Gasteiger partial charge >= 0.3 is 0 Å². The minimum Gasteiger partial charge on any atom is -0.357 e. The molecule has 2 aromatic carbocycles. The monoisotopic (exact) mass is 403 g/mol. The van der Waals surface area contributed by atoms with Crippen molar-refractivity contribution in [2.24, 2.45) is 12.0 Å². The van der Waals surface area contributed by atoms with Crippen molar-refractivity contribution in [3.63, 3.8) is 0 Å². The Morgan fingerprint density at radius 3 is 2.07 bits per heavy atom. The fourth-order valence-corrected chi connectivity index (χ4v) is 3.78. The second-order valence-electron chi connectivity index (χ2n) is 7.56. The average molecular weight is 404 g/mol. The van der Waals surface area contributed by atoms with Crippen molar-refractivity contribution in [3.05, 3.63) is 88.7 Å². The van der Waals surface area contributed by atoms with Crippen LogP contribution in [-0.4, -0.2) is 28.8 Å². The molecule has 1 aromatic heterocycles. The Hall–Kier alpha value is -3.08. The highest BCUT2D eigenvalue weighted by molar-refractivity contribution is 5.79. The number of benzene rings is 2. The molecule has 158 valence electrons. The van der Waals surface area contributed by atoms with E-state index in [0.717, 1.165) is 31.2 Å². The molecule has 5 heteroatoms. The average Bonchev–Trinajstić information content (AvgIpc) is 3.01. The SMILES string of the molecule is CCNC(=NCc1c(C)nn(C)c1C)NCCC(c1ccccc1)c1ccccc1. The summed E-state index contributed by atoms with van der Waals surface area (Å²) in [5.41, 5.74) is 6.09. The quantitative estimate of drug-likeness (QED) is 0.435. The molecule has 3 rings (SSSR count). The molecule has 0 spiro atoms. The molecule has 0 radical (unpaired) electrons. The molecule has 2 N–H and O–H groups in total. The van der Waals surface area contributed by atoms with Gasteiger partial charge < -0.3 is 10.6 Å². The molecule has 0 amide bonds. The molecule has 0 aliphatic carbocycles. The topological polar surface area (TPSA) is 54.2 Å². The Bertz CT molecular complexity index is 905. The molecule has 0 aliphatic heterocycles. The van der Waals surface area contributed by atoms with Crippen LogP contribution in [0.1, 0.15) is 47.3 Å². The first-order chi connectivity index (χ1) is 14.6. The Labute approximate surface area is 180 Å². The van der Waals surface area contributed by atoms with Gasteiger partial charge in [-0.3, -0.25) is 4.68 Å². The fourth-order valence-electron chi connectivity index (χ4n) is 3.78. The van der Waals surface area contributed by atoms with Crippen molar-refractivity contribution in [2.75, 3.05) is 13.1 Å². The lowest BCUT2D eigenvalue weighted by molar-refractivity contribution is 0.679. The Kier molecular flexibility index (Phi) is 7.66. The van der Waals surface area contributed by atoms with Crippen molar-refractivity contribution < 1.29 is 0 Å². The van der Waals surface area contributed by atoms with Crippen LogP contribution in [-0.2, 0) is 13.6 Å². The van der Waals surface area contributed by atoms with E-state index in [1.54, 1.807) is 0 Å². The minimum atomic E-state index is 0.352. The van der Waals surface area contributed by atoms with Crippen LogP contribution in [0.4, 0.5) is 0 Å². The van der Waals surface area contributed by atoms with E-state index in [9.17, 15) is 0 Å². The number of aromatic nitrogens is 2. The van der Waals surface area contributed by atoms with Crippen molar-refractivity contribution in [1.82, 2.24) is 20.4 Å². The van der Waals surface area contributed by atoms with Crippen LogP contribution in [0.2, 0.25) is 0 Å². The summed E-state index contributed by atoms with van der Waals surface area (Å²) in [5, 5.41) is 11.4. The van der Waals surface area contributed by atoms with E-state index in [1.807, 2.05) is 18.7 Å². The molecule has 0 atom stereocenters. The first-order valence-electron chi connectivity index (χ1n) is 10.7. The zero-order valence-electron chi connectivity index (χ0n) is 18.5. The van der Waals surface area contributed by atoms with E-state index >= 15 is 0 Å². The smallest absolute Gasteiger partial charge is 0.191 e. The van der Waals surface area contributed by atoms with Crippen LogP contribution < -0.4 is 10.6 Å². The molecule has 0 aliphatic rings. The fraction of sp³-hybridized carbons (Fsp3) is 0.360. The number of nitrogens with one attached hydrogen (secondary N) is 2. The van der Waals surface area contributed by atoms with E-state index in [1.165, 1.54) is 22.4 Å². The highest BCUT2D eigenvalue weighted by Gasteiger charge is 2.14. The first kappa shape index (κ1) is 21.6. The van der Waals surface area contributed by atoms with Gasteiger partial charge in [-0.25, -0.2) is 4.99 Å². The minimum absolute atomic E-state index is 0.352. The summed E-state index contributed by atoms with van der Waals surface area (Å²) >= 11 is 0. The second-order valence-corrected chi connectivity index (χ2v) is 7.56. The second kappa shape index (κ2) is 10.6. The van der Waals surface area contributed by atoms with Gasteiger partial charge in [-0.2, -0.15) is 5.10 Å². The van der Waals surface area contributed by atoms with E-state index < -0.39 is 0 Å². The van der Waals surface area contributed by atoms with Gasteiger partial charge in [0.25, 0.3) is 0 Å². The number of guanidine groups is 1. The van der Waals surface area contributed by atoms with Crippen molar-refractivity contribution in [2.45, 2.75) is 39.7 Å². The summed E-state index contributed by atoms with van der Waals surface area (Å²) in [6, 6.07) is 21.5. The number of hydrogen-bond acceptors (Lipinski definition) is 2. The van der Waals surface area contributed by atoms with Gasteiger partial charge in [0.15, 0.2) is 5.96 Å². The molecule has 0 unspecified atom stereocenters. The molecule has 0 saturated heterocycles. The zero-order valence-corrected chi connectivity index (χ0v) is 18.5. The lowest BCUT2D eigenvalue weighted by atomic mass is 9.88. The maximum atomic E-state index is 4.80. The molecule has 0 fully saturated rings. The lowest BCUT2D eigenvalue weighted by Crippen LogP contribution is -2.38. The molecule has 1 heterocycles. The number of aliphatic imine (C=N–C) groups is 1. The summed E-state index contributed by atoms with van der Waals surface area (Å²) in [4.78, 5) is 4.80. The molecular formula is C25H33N5. The summed E-state index contributed by atoms with van der Waals surface area (Å²) in [5.74, 6) is 1.20. The van der Waals surface area contributed by atoms with Crippen LogP contribution in [0.5, 0.6) is 0 Å². The number of aryl methyl sites for hydroxylation is 2. The van der Waals surface area contributed by atoms with Gasteiger partial charge in [-0.15, -0.1) is 0 Å². The van der Waals surface area contributed by atoms with Crippen molar-refractivity contribution in [1.29, 1.82) is 0 Å². The number of rotatable bonds is 8. The van der Waals surface area contributed by atoms with E-state index in [-0.39, 0.29) is 0 Å². The molecule has 5 nitrogen and oxygen atoms in total.